The second kappa shape index (κ2) is 5.59. The zero-order valence-electron chi connectivity index (χ0n) is 8.32. The lowest BCUT2D eigenvalue weighted by molar-refractivity contribution is 1.05. The number of rotatable bonds is 6. The van der Waals surface area contributed by atoms with E-state index in [1.807, 2.05) is 0 Å². The summed E-state index contributed by atoms with van der Waals surface area (Å²) in [7, 11) is -0.810. The van der Waals surface area contributed by atoms with Gasteiger partial charge in [-0.15, -0.1) is 6.58 Å². The van der Waals surface area contributed by atoms with Crippen LogP contribution in [0.3, 0.4) is 0 Å². The van der Waals surface area contributed by atoms with E-state index in [1.54, 1.807) is 0 Å². The molecule has 0 aromatic carbocycles. The molecule has 0 atom stereocenters. The molecular formula is C10H22Si. The van der Waals surface area contributed by atoms with Gasteiger partial charge < -0.3 is 0 Å². The third kappa shape index (κ3) is 3.24. The van der Waals surface area contributed by atoms with E-state index in [0.717, 1.165) is 0 Å². The molecule has 66 valence electrons. The van der Waals surface area contributed by atoms with Gasteiger partial charge in [0.05, 0.1) is 8.07 Å². The van der Waals surface area contributed by atoms with Crippen molar-refractivity contribution in [3.05, 3.63) is 12.7 Å². The SMILES string of the molecule is C=CCC[Si](CC)(CC)CC. The summed E-state index contributed by atoms with van der Waals surface area (Å²) < 4.78 is 0. The molecule has 0 aliphatic carbocycles. The molecule has 0 bridgehead atoms. The van der Waals surface area contributed by atoms with Crippen molar-refractivity contribution in [2.75, 3.05) is 0 Å². The van der Waals surface area contributed by atoms with Crippen LogP contribution in [0, 0.1) is 0 Å². The first-order chi connectivity index (χ1) is 5.24. The van der Waals surface area contributed by atoms with E-state index in [4.69, 9.17) is 0 Å². The third-order valence-corrected chi connectivity index (χ3v) is 8.98. The first-order valence-electron chi connectivity index (χ1n) is 4.85. The Kier molecular flexibility index (Phi) is 5.57. The van der Waals surface area contributed by atoms with Crippen LogP contribution in [-0.4, -0.2) is 8.07 Å². The van der Waals surface area contributed by atoms with Gasteiger partial charge in [0.2, 0.25) is 0 Å². The Morgan fingerprint density at radius 3 is 1.82 bits per heavy atom. The Hall–Kier alpha value is -0.0431. The molecule has 0 aromatic rings. The summed E-state index contributed by atoms with van der Waals surface area (Å²) in [5, 5.41) is 0. The molecule has 0 aromatic heterocycles. The molecule has 0 nitrogen and oxygen atoms in total. The summed E-state index contributed by atoms with van der Waals surface area (Å²) in [5.74, 6) is 0. The quantitative estimate of drug-likeness (QED) is 0.416. The van der Waals surface area contributed by atoms with Crippen molar-refractivity contribution in [2.24, 2.45) is 0 Å². The first-order valence-corrected chi connectivity index (χ1v) is 7.68. The Balaban J connectivity index is 3.93. The van der Waals surface area contributed by atoms with Crippen molar-refractivity contribution in [1.82, 2.24) is 0 Å². The van der Waals surface area contributed by atoms with E-state index in [-0.39, 0.29) is 0 Å². The molecule has 0 radical (unpaired) electrons. The Morgan fingerprint density at radius 1 is 1.09 bits per heavy atom. The standard InChI is InChI=1S/C10H22Si/c1-5-9-10-11(6-2,7-3)8-4/h5H,1,6-10H2,2-4H3. The summed E-state index contributed by atoms with van der Waals surface area (Å²) in [5.41, 5.74) is 0. The van der Waals surface area contributed by atoms with Gasteiger partial charge in [0.15, 0.2) is 0 Å². The number of allylic oxidation sites excluding steroid dienone is 1. The average molecular weight is 170 g/mol. The molecule has 0 fully saturated rings. The second-order valence-electron chi connectivity index (χ2n) is 3.39. The van der Waals surface area contributed by atoms with E-state index >= 15 is 0 Å². The molecule has 1 heteroatoms. The van der Waals surface area contributed by atoms with Crippen LogP contribution >= 0.6 is 0 Å². The van der Waals surface area contributed by atoms with Crippen molar-refractivity contribution in [2.45, 2.75) is 51.4 Å². The molecule has 0 saturated carbocycles. The van der Waals surface area contributed by atoms with Crippen LogP contribution in [0.25, 0.3) is 0 Å². The molecule has 0 N–H and O–H groups in total. The highest BCUT2D eigenvalue weighted by Crippen LogP contribution is 2.26. The lowest BCUT2D eigenvalue weighted by atomic mass is 10.5. The Bertz CT molecular complexity index is 95.2. The van der Waals surface area contributed by atoms with Crippen molar-refractivity contribution in [1.29, 1.82) is 0 Å². The van der Waals surface area contributed by atoms with Crippen molar-refractivity contribution >= 4 is 8.07 Å². The fourth-order valence-electron chi connectivity index (χ4n) is 1.69. The van der Waals surface area contributed by atoms with Crippen LogP contribution in [0.1, 0.15) is 27.2 Å². The summed E-state index contributed by atoms with van der Waals surface area (Å²) in [6.07, 6.45) is 3.31. The van der Waals surface area contributed by atoms with E-state index in [0.29, 0.717) is 0 Å². The van der Waals surface area contributed by atoms with Crippen LogP contribution in [0.15, 0.2) is 12.7 Å². The normalized spacial score (nSPS) is 11.5. The highest BCUT2D eigenvalue weighted by atomic mass is 28.3. The molecule has 0 amide bonds. The molecule has 0 aliphatic heterocycles. The van der Waals surface area contributed by atoms with Gasteiger partial charge in [-0.1, -0.05) is 51.0 Å². The fraction of sp³-hybridized carbons (Fsp3) is 0.800. The van der Waals surface area contributed by atoms with Crippen molar-refractivity contribution in [3.8, 4) is 0 Å². The molecule has 0 spiro atoms. The smallest absolute Gasteiger partial charge is 0.0530 e. The maximum absolute atomic E-state index is 3.79. The van der Waals surface area contributed by atoms with Crippen molar-refractivity contribution < 1.29 is 0 Å². The molecule has 0 unspecified atom stereocenters. The van der Waals surface area contributed by atoms with Gasteiger partial charge in [0, 0.05) is 0 Å². The Morgan fingerprint density at radius 2 is 1.55 bits per heavy atom. The van der Waals surface area contributed by atoms with Gasteiger partial charge >= 0.3 is 0 Å². The molecule has 0 aliphatic rings. The highest BCUT2D eigenvalue weighted by Gasteiger charge is 2.24. The molecule has 0 heterocycles. The zero-order valence-corrected chi connectivity index (χ0v) is 9.32. The topological polar surface area (TPSA) is 0 Å². The van der Waals surface area contributed by atoms with Crippen LogP contribution < -0.4 is 0 Å². The van der Waals surface area contributed by atoms with Gasteiger partial charge in [-0.25, -0.2) is 0 Å². The van der Waals surface area contributed by atoms with Crippen LogP contribution in [0.5, 0.6) is 0 Å². The van der Waals surface area contributed by atoms with Crippen LogP contribution in [0.4, 0.5) is 0 Å². The lowest BCUT2D eigenvalue weighted by Gasteiger charge is -2.27. The maximum Gasteiger partial charge on any atom is 0.0530 e. The van der Waals surface area contributed by atoms with E-state index < -0.39 is 8.07 Å². The minimum absolute atomic E-state index is 0.810. The van der Waals surface area contributed by atoms with Gasteiger partial charge in [-0.2, -0.15) is 0 Å². The minimum atomic E-state index is -0.810. The summed E-state index contributed by atoms with van der Waals surface area (Å²) >= 11 is 0. The third-order valence-electron chi connectivity index (χ3n) is 3.13. The monoisotopic (exact) mass is 170 g/mol. The Labute approximate surface area is 72.7 Å². The summed E-state index contributed by atoms with van der Waals surface area (Å²) in [6.45, 7) is 10.9. The molecule has 0 rings (SSSR count). The number of hydrogen-bond donors (Lipinski definition) is 0. The zero-order chi connectivity index (χ0) is 8.74. The van der Waals surface area contributed by atoms with Gasteiger partial charge in [-0.05, 0) is 6.42 Å². The summed E-state index contributed by atoms with van der Waals surface area (Å²) in [4.78, 5) is 0. The largest absolute Gasteiger partial charge is 0.103 e. The predicted octanol–water partition coefficient (Wildman–Crippen LogP) is 4.07. The summed E-state index contributed by atoms with van der Waals surface area (Å²) in [6, 6.07) is 5.82. The second-order valence-corrected chi connectivity index (χ2v) is 9.01. The molecule has 11 heavy (non-hydrogen) atoms. The average Bonchev–Trinajstić information content (AvgIpc) is 2.08. The van der Waals surface area contributed by atoms with Crippen molar-refractivity contribution in [3.63, 3.8) is 0 Å². The first kappa shape index (κ1) is 11.0. The number of hydrogen-bond acceptors (Lipinski definition) is 0. The van der Waals surface area contributed by atoms with E-state index in [9.17, 15) is 0 Å². The van der Waals surface area contributed by atoms with E-state index in [1.165, 1.54) is 30.6 Å². The van der Waals surface area contributed by atoms with Crippen LogP contribution in [-0.2, 0) is 0 Å². The van der Waals surface area contributed by atoms with E-state index in [2.05, 4.69) is 33.4 Å². The van der Waals surface area contributed by atoms with Gasteiger partial charge in [0.25, 0.3) is 0 Å². The lowest BCUT2D eigenvalue weighted by Crippen LogP contribution is -2.30. The molecular weight excluding hydrogens is 148 g/mol. The van der Waals surface area contributed by atoms with Crippen LogP contribution in [0.2, 0.25) is 24.2 Å². The highest BCUT2D eigenvalue weighted by molar-refractivity contribution is 6.79. The maximum atomic E-state index is 3.79. The fourth-order valence-corrected chi connectivity index (χ4v) is 5.07. The molecule has 0 saturated heterocycles. The van der Waals surface area contributed by atoms with Gasteiger partial charge in [0.1, 0.15) is 0 Å². The van der Waals surface area contributed by atoms with Gasteiger partial charge in [-0.3, -0.25) is 0 Å². The predicted molar refractivity (Wildman–Crippen MR) is 56.8 cm³/mol. The minimum Gasteiger partial charge on any atom is -0.103 e.